The molecule has 0 unspecified atom stereocenters. The fourth-order valence-corrected chi connectivity index (χ4v) is 4.42. The summed E-state index contributed by atoms with van der Waals surface area (Å²) in [5.41, 5.74) is 4.44. The Kier molecular flexibility index (Phi) is 5.48. The third-order valence-corrected chi connectivity index (χ3v) is 5.80. The molecule has 3 rings (SSSR count). The van der Waals surface area contributed by atoms with Gasteiger partial charge in [0.2, 0.25) is 0 Å². The third-order valence-electron chi connectivity index (χ3n) is 5.40. The molecule has 0 aromatic heterocycles. The predicted octanol–water partition coefficient (Wildman–Crippen LogP) is 6.46. The molecule has 2 N–H and O–H groups in total. The molecule has 0 bridgehead atoms. The van der Waals surface area contributed by atoms with Crippen molar-refractivity contribution >= 4 is 11.6 Å². The van der Waals surface area contributed by atoms with Crippen LogP contribution in [0.25, 0.3) is 0 Å². The lowest BCUT2D eigenvalue weighted by Crippen LogP contribution is -2.11. The van der Waals surface area contributed by atoms with Crippen LogP contribution in [0.15, 0.2) is 0 Å². The first kappa shape index (κ1) is 19.7. The fraction of sp³-hybridized carbons (Fsp3) is 0.455. The summed E-state index contributed by atoms with van der Waals surface area (Å²) in [6.07, 6.45) is 3.46. The van der Waals surface area contributed by atoms with Gasteiger partial charge in [-0.3, -0.25) is 0 Å². The average Bonchev–Trinajstić information content (AvgIpc) is 2.68. The van der Waals surface area contributed by atoms with Crippen molar-refractivity contribution in [3.05, 3.63) is 32.8 Å². The van der Waals surface area contributed by atoms with Crippen LogP contribution in [0.2, 0.25) is 5.02 Å². The highest BCUT2D eigenvalue weighted by atomic mass is 35.5. The Morgan fingerprint density at radius 3 is 1.33 bits per heavy atom. The van der Waals surface area contributed by atoms with Crippen LogP contribution in [0.3, 0.4) is 0 Å². The largest absolute Gasteiger partial charge is 0.504 e. The highest BCUT2D eigenvalue weighted by Crippen LogP contribution is 2.58. The molecular formula is C22H27ClO4. The number of aromatic hydroxyl groups is 2. The van der Waals surface area contributed by atoms with Gasteiger partial charge in [-0.05, 0) is 43.2 Å². The topological polar surface area (TPSA) is 58.9 Å². The zero-order chi connectivity index (χ0) is 19.9. The summed E-state index contributed by atoms with van der Waals surface area (Å²) >= 11 is 6.73. The second-order valence-electron chi connectivity index (χ2n) is 6.69. The van der Waals surface area contributed by atoms with Crippen molar-refractivity contribution in [1.29, 1.82) is 0 Å². The molecule has 27 heavy (non-hydrogen) atoms. The molecule has 2 aromatic carbocycles. The summed E-state index contributed by atoms with van der Waals surface area (Å²) in [7, 11) is 0. The van der Waals surface area contributed by atoms with E-state index in [9.17, 15) is 10.2 Å². The zero-order valence-corrected chi connectivity index (χ0v) is 17.4. The molecule has 5 heteroatoms. The number of ether oxygens (including phenoxy) is 2. The molecule has 0 amide bonds. The van der Waals surface area contributed by atoms with Gasteiger partial charge in [-0.2, -0.15) is 0 Å². The molecule has 0 spiro atoms. The molecule has 2 aromatic rings. The molecule has 1 aliphatic heterocycles. The normalized spacial score (nSPS) is 12.2. The van der Waals surface area contributed by atoms with Crippen LogP contribution in [0.4, 0.5) is 0 Å². The average molecular weight is 391 g/mol. The summed E-state index contributed by atoms with van der Waals surface area (Å²) in [5.74, 6) is 1.79. The lowest BCUT2D eigenvalue weighted by molar-refractivity contribution is 0.333. The summed E-state index contributed by atoms with van der Waals surface area (Å²) < 4.78 is 12.6. The van der Waals surface area contributed by atoms with Crippen LogP contribution in [-0.4, -0.2) is 10.2 Å². The number of hydrogen-bond acceptors (Lipinski definition) is 4. The van der Waals surface area contributed by atoms with Gasteiger partial charge in [-0.25, -0.2) is 0 Å². The Bertz CT molecular complexity index is 903. The van der Waals surface area contributed by atoms with E-state index in [1.54, 1.807) is 0 Å². The number of phenolic OH excluding ortho intramolecular Hbond substituents is 2. The van der Waals surface area contributed by atoms with Crippen molar-refractivity contribution in [3.63, 3.8) is 0 Å². The predicted molar refractivity (Wildman–Crippen MR) is 108 cm³/mol. The number of rotatable bonds is 5. The molecule has 0 fully saturated rings. The second-order valence-corrected chi connectivity index (χ2v) is 7.07. The van der Waals surface area contributed by atoms with E-state index in [1.807, 2.05) is 13.8 Å². The van der Waals surface area contributed by atoms with Gasteiger partial charge in [0.1, 0.15) is 0 Å². The molecule has 0 saturated heterocycles. The van der Waals surface area contributed by atoms with E-state index in [2.05, 4.69) is 20.8 Å². The highest BCUT2D eigenvalue weighted by Gasteiger charge is 2.34. The number of halogens is 1. The zero-order valence-electron chi connectivity index (χ0n) is 16.6. The summed E-state index contributed by atoms with van der Waals surface area (Å²) in [4.78, 5) is 0. The van der Waals surface area contributed by atoms with Gasteiger partial charge in [0, 0.05) is 16.7 Å². The van der Waals surface area contributed by atoms with Crippen molar-refractivity contribution in [1.82, 2.24) is 0 Å². The maximum Gasteiger partial charge on any atom is 0.189 e. The minimum Gasteiger partial charge on any atom is -0.504 e. The maximum absolute atomic E-state index is 10.5. The van der Waals surface area contributed by atoms with Crippen molar-refractivity contribution in [3.8, 4) is 34.5 Å². The van der Waals surface area contributed by atoms with Crippen molar-refractivity contribution in [2.45, 2.75) is 66.7 Å². The third kappa shape index (κ3) is 2.82. The first-order chi connectivity index (χ1) is 12.9. The highest BCUT2D eigenvalue weighted by molar-refractivity contribution is 6.33. The van der Waals surface area contributed by atoms with E-state index in [4.69, 9.17) is 21.1 Å². The Hall–Kier alpha value is -2.07. The molecular weight excluding hydrogens is 364 g/mol. The van der Waals surface area contributed by atoms with Gasteiger partial charge in [0.05, 0.1) is 5.02 Å². The van der Waals surface area contributed by atoms with Gasteiger partial charge in [0.15, 0.2) is 34.5 Å². The Labute approximate surface area is 165 Å². The second kappa shape index (κ2) is 7.51. The molecule has 0 radical (unpaired) electrons. The molecule has 0 saturated carbocycles. The summed E-state index contributed by atoms with van der Waals surface area (Å²) in [5, 5.41) is 21.5. The van der Waals surface area contributed by atoms with E-state index >= 15 is 0 Å². The Balaban J connectivity index is 2.35. The minimum atomic E-state index is -0.145. The van der Waals surface area contributed by atoms with Crippen molar-refractivity contribution < 1.29 is 19.7 Å². The smallest absolute Gasteiger partial charge is 0.189 e. The standard InChI is InChI=1S/C22H27ClO4/c1-6-11-12(7-2)16(23)22-19(13(11)8-3)26-20-14(9-4)17(24)18(25)15(10-5)21(20)27-22/h24-25H,6-10H2,1-5H3. The van der Waals surface area contributed by atoms with E-state index in [0.29, 0.717) is 52.0 Å². The van der Waals surface area contributed by atoms with Crippen LogP contribution >= 0.6 is 11.6 Å². The number of hydrogen-bond donors (Lipinski definition) is 2. The molecule has 1 heterocycles. The Morgan fingerprint density at radius 2 is 0.926 bits per heavy atom. The number of fused-ring (bicyclic) bond motifs is 2. The molecule has 4 nitrogen and oxygen atoms in total. The van der Waals surface area contributed by atoms with Gasteiger partial charge in [-0.1, -0.05) is 46.2 Å². The summed E-state index contributed by atoms with van der Waals surface area (Å²) in [6.45, 7) is 10.1. The summed E-state index contributed by atoms with van der Waals surface area (Å²) in [6, 6.07) is 0. The number of benzene rings is 2. The molecule has 0 aliphatic carbocycles. The molecule has 146 valence electrons. The van der Waals surface area contributed by atoms with Crippen LogP contribution in [0.5, 0.6) is 34.5 Å². The van der Waals surface area contributed by atoms with Crippen LogP contribution < -0.4 is 9.47 Å². The van der Waals surface area contributed by atoms with E-state index in [0.717, 1.165) is 30.4 Å². The first-order valence-corrected chi connectivity index (χ1v) is 10.1. The lowest BCUT2D eigenvalue weighted by atomic mass is 9.93. The SMILES string of the molecule is CCc1c(Cl)c2c(c(CC)c1CC)Oc1c(CC)c(O)c(O)c(CC)c1O2. The van der Waals surface area contributed by atoms with Crippen LogP contribution in [0.1, 0.15) is 62.4 Å². The maximum atomic E-state index is 10.5. The van der Waals surface area contributed by atoms with Gasteiger partial charge in [-0.15, -0.1) is 0 Å². The lowest BCUT2D eigenvalue weighted by Gasteiger charge is -2.30. The van der Waals surface area contributed by atoms with E-state index < -0.39 is 0 Å². The van der Waals surface area contributed by atoms with Crippen molar-refractivity contribution in [2.24, 2.45) is 0 Å². The van der Waals surface area contributed by atoms with Gasteiger partial charge < -0.3 is 19.7 Å². The fourth-order valence-electron chi connectivity index (χ4n) is 4.04. The minimum absolute atomic E-state index is 0.134. The van der Waals surface area contributed by atoms with Crippen molar-refractivity contribution in [2.75, 3.05) is 0 Å². The monoisotopic (exact) mass is 390 g/mol. The Morgan fingerprint density at radius 1 is 0.556 bits per heavy atom. The molecule has 1 aliphatic rings. The number of phenols is 2. The van der Waals surface area contributed by atoms with Crippen LogP contribution in [-0.2, 0) is 32.1 Å². The molecule has 0 atom stereocenters. The van der Waals surface area contributed by atoms with Gasteiger partial charge >= 0.3 is 0 Å². The first-order valence-electron chi connectivity index (χ1n) is 9.76. The van der Waals surface area contributed by atoms with Gasteiger partial charge in [0.25, 0.3) is 0 Å². The quantitative estimate of drug-likeness (QED) is 0.490. The van der Waals surface area contributed by atoms with E-state index in [1.165, 1.54) is 5.56 Å². The van der Waals surface area contributed by atoms with E-state index in [-0.39, 0.29) is 11.5 Å². The van der Waals surface area contributed by atoms with Crippen LogP contribution in [0, 0.1) is 0 Å².